The van der Waals surface area contributed by atoms with Gasteiger partial charge in [-0.25, -0.2) is 38.7 Å². The molecule has 6 heterocycles. The van der Waals surface area contributed by atoms with Crippen LogP contribution in [0, 0.1) is 36.5 Å². The first-order valence-electron chi connectivity index (χ1n) is 35.0. The molecule has 2 aromatic carbocycles. The molecule has 26 heteroatoms. The van der Waals surface area contributed by atoms with Crippen molar-refractivity contribution in [1.29, 1.82) is 0 Å². The summed E-state index contributed by atoms with van der Waals surface area (Å²) in [6, 6.07) is 8.92. The van der Waals surface area contributed by atoms with Gasteiger partial charge in [0.05, 0.1) is 56.6 Å². The second kappa shape index (κ2) is 32.0. The Bertz CT molecular complexity index is 4020. The molecule has 2 saturated heterocycles. The normalized spacial score (nSPS) is 27.6. The highest BCUT2D eigenvalue weighted by Crippen LogP contribution is 2.48. The van der Waals surface area contributed by atoms with Gasteiger partial charge in [-0.2, -0.15) is 0 Å². The molecule has 534 valence electrons. The number of rotatable bonds is 12. The number of allylic oxidation sites excluding steroid dienone is 2. The highest BCUT2D eigenvalue weighted by Gasteiger charge is 2.63. The van der Waals surface area contributed by atoms with Crippen molar-refractivity contribution in [2.24, 2.45) is 11.8 Å². The van der Waals surface area contributed by atoms with Gasteiger partial charge in [0, 0.05) is 47.6 Å². The maximum atomic E-state index is 14.4. The van der Waals surface area contributed by atoms with Crippen molar-refractivity contribution in [2.75, 3.05) is 34.4 Å². The molecule has 4 aliphatic carbocycles. The van der Waals surface area contributed by atoms with E-state index in [9.17, 15) is 53.1 Å². The van der Waals surface area contributed by atoms with Gasteiger partial charge < -0.3 is 69.3 Å². The van der Waals surface area contributed by atoms with E-state index in [1.165, 1.54) is 43.3 Å². The van der Waals surface area contributed by atoms with Crippen molar-refractivity contribution in [3.63, 3.8) is 0 Å². The number of benzene rings is 2. The molecule has 6 fully saturated rings. The van der Waals surface area contributed by atoms with E-state index in [1.54, 1.807) is 36.4 Å². The molecule has 6 amide bonds. The Kier molecular flexibility index (Phi) is 22.8. The van der Waals surface area contributed by atoms with Crippen LogP contribution in [0.25, 0.3) is 21.8 Å². The van der Waals surface area contributed by atoms with Gasteiger partial charge in [-0.15, -0.1) is 12.8 Å². The van der Waals surface area contributed by atoms with E-state index in [1.807, 2.05) is 24.3 Å². The van der Waals surface area contributed by atoms with Gasteiger partial charge in [-0.05, 0) is 127 Å². The van der Waals surface area contributed by atoms with Crippen LogP contribution in [0.2, 0.25) is 0 Å². The van der Waals surface area contributed by atoms with Crippen molar-refractivity contribution in [3.8, 4) is 36.2 Å². The number of aromatic nitrogens is 2. The number of carboxylic acid groups (broad SMARTS) is 1. The quantitative estimate of drug-likeness (QED) is 0.0390. The Labute approximate surface area is 585 Å². The van der Waals surface area contributed by atoms with Gasteiger partial charge in [-0.3, -0.25) is 19.2 Å². The number of terminal acetylenes is 2. The number of pyridine rings is 2. The maximum absolute atomic E-state index is 14.4. The first-order valence-corrected chi connectivity index (χ1v) is 35.0. The molecule has 0 spiro atoms. The lowest BCUT2D eigenvalue weighted by Gasteiger charge is -2.29. The molecule has 2 aromatic heterocycles. The van der Waals surface area contributed by atoms with Gasteiger partial charge in [0.25, 0.3) is 0 Å². The number of fused-ring (bicyclic) bond motifs is 6. The molecule has 5 N–H and O–H groups in total. The Morgan fingerprint density at radius 3 is 1.38 bits per heavy atom. The summed E-state index contributed by atoms with van der Waals surface area (Å²) in [7, 11) is 3.79. The van der Waals surface area contributed by atoms with Gasteiger partial charge in [-0.1, -0.05) is 74.0 Å². The van der Waals surface area contributed by atoms with Gasteiger partial charge in [0.2, 0.25) is 23.6 Å². The number of alkyl carbamates (subject to hydrolysis) is 2. The molecule has 0 radical (unpaired) electrons. The molecular weight excluding hydrogens is 1300 g/mol. The third-order valence-electron chi connectivity index (χ3n) is 20.4. The summed E-state index contributed by atoms with van der Waals surface area (Å²) in [5, 5.41) is 22.2. The van der Waals surface area contributed by atoms with Crippen LogP contribution in [0.1, 0.15) is 173 Å². The van der Waals surface area contributed by atoms with E-state index in [2.05, 4.69) is 43.1 Å². The molecule has 8 aliphatic rings. The van der Waals surface area contributed by atoms with Crippen LogP contribution in [-0.4, -0.2) is 179 Å². The van der Waals surface area contributed by atoms with E-state index in [0.29, 0.717) is 65.9 Å². The number of hydrogen-bond acceptors (Lipinski definition) is 19. The van der Waals surface area contributed by atoms with Crippen LogP contribution in [-0.2, 0) is 52.5 Å². The number of esters is 3. The average molecular weight is 1390 g/mol. The SMILES string of the molecule is C#Cc1cccc2c(O[C@@H]3C[C@H]4C(=O)N[C@]5(C(=O)OC)CC5/C=C\CCCCC[C@H](NC(=O)OC5CCCC5)C(=O)N4C3)cc(C(=O)O)nc12.C#Cc1cccc2c(O[C@@H]3C[C@H]4C(=O)N[C@]5(C(=O)OC)CC5/C=C\CCCCC[C@H](NC(=O)OC5CCCC5)C(=O)N4C3)cc(C(=O)OC)nc12. The number of carboxylic acids is 1. The topological polar surface area (TPSA) is 336 Å². The highest BCUT2D eigenvalue weighted by atomic mass is 16.6. The Hall–Kier alpha value is -10.2. The fourth-order valence-electron chi connectivity index (χ4n) is 14.8. The lowest BCUT2D eigenvalue weighted by molar-refractivity contribution is -0.148. The van der Waals surface area contributed by atoms with Crippen LogP contribution < -0.4 is 30.7 Å². The second-order valence-electron chi connectivity index (χ2n) is 27.1. The second-order valence-corrected chi connectivity index (χ2v) is 27.1. The number of carbonyl (C=O) groups is 10. The summed E-state index contributed by atoms with van der Waals surface area (Å²) < 4.78 is 39.3. The van der Waals surface area contributed by atoms with Crippen molar-refractivity contribution in [2.45, 2.75) is 201 Å². The number of nitrogens with one attached hydrogen (secondary N) is 4. The number of amides is 6. The minimum absolute atomic E-state index is 0.0203. The third-order valence-corrected chi connectivity index (χ3v) is 20.4. The smallest absolute Gasteiger partial charge is 0.408 e. The average Bonchev–Trinajstić information content (AvgIpc) is 1.60. The standard InChI is InChI=1S/C38H44N4O9.C37H42N4O9/c1-4-23-13-12-17-27-31(20-29(35(45)48-2)39-32(23)27)50-26-19-30-33(43)41-38(36(46)49-3)21-24(38)14-8-6-5-7-9-18-28(34(44)42(30)22-26)40-37(47)51-25-15-10-11-16-25;1-3-22-12-11-16-26-30(19-28(34(44)45)38-31(22)26)49-25-18-29-32(42)40-37(35(46)48-2)20-23(37)13-7-5-4-6-8-17-27(33(43)41(29)21-25)39-36(47)50-24-14-9-10-15-24/h1,8,12-14,17,20,24-26,28,30H,5-7,9-11,15-16,18-19,21-22H2,2-3H3,(H,40,47)(H,41,43);1,7,11-13,16,19,23-25,27,29H,4-6,8-10,14-15,17-18,20-21H2,2H3,(H,39,47)(H,40,42)(H,44,45)/b14-8-;13-7-/t24?,26-,28+,30+,38-;23?,25-,27+,29+,37-/m11/s1. The first kappa shape index (κ1) is 72.0. The molecule has 10 atom stereocenters. The fraction of sp³-hybridized carbons (Fsp3) is 0.520. The van der Waals surface area contributed by atoms with Crippen LogP contribution in [0.15, 0.2) is 72.8 Å². The zero-order valence-electron chi connectivity index (χ0n) is 57.0. The van der Waals surface area contributed by atoms with E-state index in [-0.39, 0.29) is 78.4 Å². The molecule has 4 aromatic rings. The van der Waals surface area contributed by atoms with Gasteiger partial charge >= 0.3 is 36.1 Å². The largest absolute Gasteiger partial charge is 0.488 e. The molecule has 26 nitrogen and oxygen atoms in total. The Morgan fingerprint density at radius 2 is 0.970 bits per heavy atom. The molecular formula is C75H86N8O18. The molecule has 0 bridgehead atoms. The number of methoxy groups -OCH3 is 3. The van der Waals surface area contributed by atoms with Crippen molar-refractivity contribution < 1.29 is 86.2 Å². The molecule has 101 heavy (non-hydrogen) atoms. The van der Waals surface area contributed by atoms with E-state index < -0.39 is 107 Å². The maximum Gasteiger partial charge on any atom is 0.408 e. The first-order chi connectivity index (χ1) is 48.8. The summed E-state index contributed by atoms with van der Waals surface area (Å²) in [5.41, 5.74) is -1.37. The number of para-hydroxylation sites is 2. The molecule has 4 saturated carbocycles. The number of carbonyl (C=O) groups excluding carboxylic acids is 9. The highest BCUT2D eigenvalue weighted by molar-refractivity contribution is 6.00. The Morgan fingerprint density at radius 1 is 0.554 bits per heavy atom. The monoisotopic (exact) mass is 1390 g/mol. The van der Waals surface area contributed by atoms with E-state index in [0.717, 1.165) is 89.9 Å². The lowest BCUT2D eigenvalue weighted by Crippen LogP contribution is -2.56. The number of ether oxygens (including phenoxy) is 7. The summed E-state index contributed by atoms with van der Waals surface area (Å²) in [6.45, 7) is -0.0735. The molecule has 12 rings (SSSR count). The van der Waals surface area contributed by atoms with E-state index >= 15 is 0 Å². The van der Waals surface area contributed by atoms with Crippen molar-refractivity contribution >= 4 is 81.5 Å². The van der Waals surface area contributed by atoms with Crippen LogP contribution in [0.4, 0.5) is 9.59 Å². The minimum Gasteiger partial charge on any atom is -0.488 e. The fourth-order valence-corrected chi connectivity index (χ4v) is 14.8. The van der Waals surface area contributed by atoms with Crippen molar-refractivity contribution in [3.05, 3.63) is 95.3 Å². The summed E-state index contributed by atoms with van der Waals surface area (Å²) in [4.78, 5) is 145. The number of hydrogen-bond donors (Lipinski definition) is 5. The zero-order chi connectivity index (χ0) is 71.5. The lowest BCUT2D eigenvalue weighted by atomic mass is 10.0. The van der Waals surface area contributed by atoms with Crippen LogP contribution >= 0.6 is 0 Å². The summed E-state index contributed by atoms with van der Waals surface area (Å²) in [5.74, 6) is -0.0994. The summed E-state index contributed by atoms with van der Waals surface area (Å²) in [6.07, 6.45) is 30.7. The van der Waals surface area contributed by atoms with Crippen LogP contribution in [0.5, 0.6) is 11.5 Å². The number of nitrogens with zero attached hydrogens (tertiary/aromatic N) is 4. The van der Waals surface area contributed by atoms with Gasteiger partial charge in [0.15, 0.2) is 11.4 Å². The third kappa shape index (κ3) is 16.3. The summed E-state index contributed by atoms with van der Waals surface area (Å²) >= 11 is 0. The van der Waals surface area contributed by atoms with Crippen molar-refractivity contribution in [1.82, 2.24) is 41.0 Å². The zero-order valence-corrected chi connectivity index (χ0v) is 57.0. The predicted molar refractivity (Wildman–Crippen MR) is 364 cm³/mol. The van der Waals surface area contributed by atoms with Crippen LogP contribution in [0.3, 0.4) is 0 Å². The molecule has 4 aliphatic heterocycles. The predicted octanol–water partition coefficient (Wildman–Crippen LogP) is 7.82. The molecule has 2 unspecified atom stereocenters. The number of aromatic carboxylic acids is 1. The Balaban J connectivity index is 0.000000203. The van der Waals surface area contributed by atoms with Gasteiger partial charge in [0.1, 0.15) is 71.2 Å². The van der Waals surface area contributed by atoms with E-state index in [4.69, 9.17) is 46.0 Å². The minimum atomic E-state index is -1.28.